The van der Waals surface area contributed by atoms with Crippen molar-refractivity contribution in [3.05, 3.63) is 64.6 Å². The fourth-order valence-corrected chi connectivity index (χ4v) is 2.73. The summed E-state index contributed by atoms with van der Waals surface area (Å²) < 4.78 is 6.67. The zero-order chi connectivity index (χ0) is 17.9. The fourth-order valence-electron chi connectivity index (χ4n) is 2.35. The Morgan fingerprint density at radius 2 is 1.96 bits per heavy atom. The minimum absolute atomic E-state index is 0.0256. The highest BCUT2D eigenvalue weighted by Crippen LogP contribution is 2.17. The van der Waals surface area contributed by atoms with Crippen LogP contribution in [0.4, 0.5) is 0 Å². The number of aliphatic hydroxyl groups is 1. The van der Waals surface area contributed by atoms with Crippen LogP contribution in [0.3, 0.4) is 0 Å². The molecular weight excluding hydrogens is 382 g/mol. The van der Waals surface area contributed by atoms with Crippen molar-refractivity contribution in [3.63, 3.8) is 0 Å². The number of ether oxygens (including phenoxy) is 1. The number of guanidine groups is 1. The summed E-state index contributed by atoms with van der Waals surface area (Å²) in [7, 11) is 1.72. The first-order chi connectivity index (χ1) is 12.2. The van der Waals surface area contributed by atoms with Crippen LogP contribution in [-0.2, 0) is 0 Å². The summed E-state index contributed by atoms with van der Waals surface area (Å²) in [4.78, 5) is 4.20. The predicted molar refractivity (Wildman–Crippen MR) is 105 cm³/mol. The minimum atomic E-state index is 0.0256. The van der Waals surface area contributed by atoms with E-state index in [9.17, 15) is 5.11 Å². The van der Waals surface area contributed by atoms with Crippen LogP contribution in [0.1, 0.15) is 11.5 Å². The maximum atomic E-state index is 9.60. The first-order valence-corrected chi connectivity index (χ1v) is 9.01. The average Bonchev–Trinajstić information content (AvgIpc) is 2.65. The van der Waals surface area contributed by atoms with Crippen molar-refractivity contribution in [3.8, 4) is 5.75 Å². The number of rotatable bonds is 8. The molecular formula is C19H24BrN3O2. The van der Waals surface area contributed by atoms with Gasteiger partial charge >= 0.3 is 0 Å². The van der Waals surface area contributed by atoms with Crippen molar-refractivity contribution in [2.45, 2.75) is 5.92 Å². The molecule has 25 heavy (non-hydrogen) atoms. The number of nitrogens with zero attached hydrogens (tertiary/aromatic N) is 1. The van der Waals surface area contributed by atoms with E-state index >= 15 is 0 Å². The summed E-state index contributed by atoms with van der Waals surface area (Å²) in [6.45, 7) is 1.84. The molecule has 0 heterocycles. The van der Waals surface area contributed by atoms with Gasteiger partial charge < -0.3 is 20.5 Å². The van der Waals surface area contributed by atoms with Crippen LogP contribution in [0, 0.1) is 0 Å². The van der Waals surface area contributed by atoms with E-state index in [1.165, 1.54) is 0 Å². The molecule has 0 bridgehead atoms. The first kappa shape index (κ1) is 19.3. The SMILES string of the molecule is CN=C(NCCOc1cccc(Br)c1)NCC(CO)c1ccccc1. The van der Waals surface area contributed by atoms with Crippen molar-refractivity contribution >= 4 is 21.9 Å². The van der Waals surface area contributed by atoms with E-state index < -0.39 is 0 Å². The van der Waals surface area contributed by atoms with Crippen molar-refractivity contribution in [2.75, 3.05) is 33.4 Å². The Morgan fingerprint density at radius 1 is 1.16 bits per heavy atom. The highest BCUT2D eigenvalue weighted by molar-refractivity contribution is 9.10. The smallest absolute Gasteiger partial charge is 0.191 e. The van der Waals surface area contributed by atoms with E-state index in [4.69, 9.17) is 4.74 Å². The summed E-state index contributed by atoms with van der Waals surface area (Å²) in [6, 6.07) is 17.7. The number of nitrogens with one attached hydrogen (secondary N) is 2. The summed E-state index contributed by atoms with van der Waals surface area (Å²) in [5.41, 5.74) is 1.10. The molecule has 0 radical (unpaired) electrons. The number of benzene rings is 2. The molecule has 2 aromatic carbocycles. The van der Waals surface area contributed by atoms with Crippen LogP contribution < -0.4 is 15.4 Å². The summed E-state index contributed by atoms with van der Waals surface area (Å²) >= 11 is 3.42. The van der Waals surface area contributed by atoms with Crippen LogP contribution in [-0.4, -0.2) is 44.4 Å². The number of aliphatic hydroxyl groups excluding tert-OH is 1. The van der Waals surface area contributed by atoms with Crippen LogP contribution in [0.2, 0.25) is 0 Å². The van der Waals surface area contributed by atoms with E-state index in [-0.39, 0.29) is 12.5 Å². The van der Waals surface area contributed by atoms with Crippen molar-refractivity contribution in [2.24, 2.45) is 4.99 Å². The van der Waals surface area contributed by atoms with Gasteiger partial charge in [-0.25, -0.2) is 0 Å². The lowest BCUT2D eigenvalue weighted by atomic mass is 10.0. The van der Waals surface area contributed by atoms with Crippen LogP contribution in [0.5, 0.6) is 5.75 Å². The lowest BCUT2D eigenvalue weighted by Gasteiger charge is -2.18. The predicted octanol–water partition coefficient (Wildman–Crippen LogP) is 2.77. The Labute approximate surface area is 157 Å². The quantitative estimate of drug-likeness (QED) is 0.358. The van der Waals surface area contributed by atoms with Crippen molar-refractivity contribution in [1.82, 2.24) is 10.6 Å². The van der Waals surface area contributed by atoms with Gasteiger partial charge in [0.25, 0.3) is 0 Å². The molecule has 0 aromatic heterocycles. The molecule has 0 saturated carbocycles. The summed E-state index contributed by atoms with van der Waals surface area (Å²) in [6.07, 6.45) is 0. The van der Waals surface area contributed by atoms with Crippen molar-refractivity contribution < 1.29 is 9.84 Å². The molecule has 2 rings (SSSR count). The summed E-state index contributed by atoms with van der Waals surface area (Å²) in [5, 5.41) is 16.1. The van der Waals surface area contributed by atoms with Gasteiger partial charge in [-0.05, 0) is 23.8 Å². The fraction of sp³-hybridized carbons (Fsp3) is 0.316. The Hall–Kier alpha value is -2.05. The molecule has 1 unspecified atom stereocenters. The van der Waals surface area contributed by atoms with E-state index in [0.717, 1.165) is 15.8 Å². The third-order valence-electron chi connectivity index (χ3n) is 3.69. The minimum Gasteiger partial charge on any atom is -0.492 e. The van der Waals surface area contributed by atoms with E-state index in [0.29, 0.717) is 25.7 Å². The van der Waals surface area contributed by atoms with Gasteiger partial charge in [0.05, 0.1) is 13.2 Å². The van der Waals surface area contributed by atoms with Gasteiger partial charge in [-0.1, -0.05) is 52.3 Å². The molecule has 0 spiro atoms. The van der Waals surface area contributed by atoms with Gasteiger partial charge in [0.15, 0.2) is 5.96 Å². The molecule has 0 fully saturated rings. The van der Waals surface area contributed by atoms with E-state index in [2.05, 4.69) is 31.6 Å². The molecule has 0 saturated heterocycles. The maximum absolute atomic E-state index is 9.60. The number of halogens is 1. The first-order valence-electron chi connectivity index (χ1n) is 8.21. The molecule has 5 nitrogen and oxygen atoms in total. The monoisotopic (exact) mass is 405 g/mol. The van der Waals surface area contributed by atoms with Gasteiger partial charge in [0.2, 0.25) is 0 Å². The molecule has 0 aliphatic rings. The Kier molecular flexibility index (Phi) is 8.28. The molecule has 0 amide bonds. The van der Waals surface area contributed by atoms with E-state index in [1.807, 2.05) is 54.6 Å². The largest absolute Gasteiger partial charge is 0.492 e. The maximum Gasteiger partial charge on any atom is 0.191 e. The Bertz CT molecular complexity index is 665. The molecule has 0 aliphatic heterocycles. The standard InChI is InChI=1S/C19H24BrN3O2/c1-21-19(22-10-11-25-18-9-5-8-17(20)12-18)23-13-16(14-24)15-6-3-2-4-7-15/h2-9,12,16,24H,10-11,13-14H2,1H3,(H2,21,22,23). The van der Waals surface area contributed by atoms with Crippen LogP contribution in [0.15, 0.2) is 64.1 Å². The third kappa shape index (κ3) is 6.76. The molecule has 3 N–H and O–H groups in total. The highest BCUT2D eigenvalue weighted by Gasteiger charge is 2.10. The highest BCUT2D eigenvalue weighted by atomic mass is 79.9. The van der Waals surface area contributed by atoms with Gasteiger partial charge in [-0.15, -0.1) is 0 Å². The Balaban J connectivity index is 1.73. The van der Waals surface area contributed by atoms with Gasteiger partial charge in [0.1, 0.15) is 12.4 Å². The van der Waals surface area contributed by atoms with Gasteiger partial charge in [-0.2, -0.15) is 0 Å². The molecule has 134 valence electrons. The molecule has 2 aromatic rings. The van der Waals surface area contributed by atoms with Crippen LogP contribution >= 0.6 is 15.9 Å². The molecule has 6 heteroatoms. The summed E-state index contributed by atoms with van der Waals surface area (Å²) in [5.74, 6) is 1.54. The van der Waals surface area contributed by atoms with Gasteiger partial charge in [0, 0.05) is 24.0 Å². The van der Waals surface area contributed by atoms with Crippen LogP contribution in [0.25, 0.3) is 0 Å². The molecule has 0 aliphatic carbocycles. The van der Waals surface area contributed by atoms with Crippen molar-refractivity contribution in [1.29, 1.82) is 0 Å². The topological polar surface area (TPSA) is 65.9 Å². The van der Waals surface area contributed by atoms with Gasteiger partial charge in [-0.3, -0.25) is 4.99 Å². The van der Waals surface area contributed by atoms with E-state index in [1.54, 1.807) is 7.05 Å². The molecule has 1 atom stereocenters. The average molecular weight is 406 g/mol. The second-order valence-corrected chi connectivity index (χ2v) is 6.39. The Morgan fingerprint density at radius 3 is 2.64 bits per heavy atom. The zero-order valence-electron chi connectivity index (χ0n) is 14.3. The normalized spacial score (nSPS) is 12.5. The second-order valence-electron chi connectivity index (χ2n) is 5.48. The third-order valence-corrected chi connectivity index (χ3v) is 4.18. The number of aliphatic imine (C=N–C) groups is 1. The second kappa shape index (κ2) is 10.7. The number of hydrogen-bond donors (Lipinski definition) is 3. The lowest BCUT2D eigenvalue weighted by molar-refractivity contribution is 0.265. The zero-order valence-corrected chi connectivity index (χ0v) is 15.9. The lowest BCUT2D eigenvalue weighted by Crippen LogP contribution is -2.41. The number of hydrogen-bond acceptors (Lipinski definition) is 3.